The number of hydrogen-bond acceptors (Lipinski definition) is 4. The summed E-state index contributed by atoms with van der Waals surface area (Å²) in [5.41, 5.74) is 9.05. The van der Waals surface area contributed by atoms with Crippen LogP contribution in [-0.2, 0) is 0 Å². The van der Waals surface area contributed by atoms with E-state index in [1.807, 2.05) is 0 Å². The van der Waals surface area contributed by atoms with Crippen molar-refractivity contribution in [2.45, 2.75) is 58.9 Å². The molecule has 0 amide bonds. The van der Waals surface area contributed by atoms with Crippen molar-refractivity contribution in [3.8, 4) is 0 Å². The van der Waals surface area contributed by atoms with Crippen LogP contribution in [0.3, 0.4) is 0 Å². The number of nitrogens with one attached hydrogen (secondary N) is 2. The van der Waals surface area contributed by atoms with Crippen molar-refractivity contribution in [1.82, 2.24) is 10.9 Å². The first kappa shape index (κ1) is 16.2. The van der Waals surface area contributed by atoms with Crippen LogP contribution in [0, 0.1) is 11.3 Å². The highest BCUT2D eigenvalue weighted by Crippen LogP contribution is 2.45. The lowest BCUT2D eigenvalue weighted by molar-refractivity contribution is 0.268. The fourth-order valence-electron chi connectivity index (χ4n) is 3.81. The Morgan fingerprint density at radius 3 is 2.74 bits per heavy atom. The van der Waals surface area contributed by atoms with Crippen LogP contribution in [-0.4, -0.2) is 12.2 Å². The molecule has 1 aromatic carbocycles. The van der Waals surface area contributed by atoms with Gasteiger partial charge in [0.25, 0.3) is 0 Å². The highest BCUT2D eigenvalue weighted by molar-refractivity contribution is 5.93. The van der Waals surface area contributed by atoms with Crippen molar-refractivity contribution in [2.24, 2.45) is 21.3 Å². The summed E-state index contributed by atoms with van der Waals surface area (Å²) in [7, 11) is 0. The summed E-state index contributed by atoms with van der Waals surface area (Å²) in [4.78, 5) is 9.64. The van der Waals surface area contributed by atoms with Crippen molar-refractivity contribution in [3.63, 3.8) is 0 Å². The lowest BCUT2D eigenvalue weighted by Crippen LogP contribution is -2.34. The molecule has 4 heteroatoms. The number of amidine groups is 1. The average molecular weight is 312 g/mol. The van der Waals surface area contributed by atoms with Crippen molar-refractivity contribution in [2.75, 3.05) is 0 Å². The fraction of sp³-hybridized carbons (Fsp3) is 0.579. The molecular formula is C19H28N4. The maximum Gasteiger partial charge on any atom is 0.134 e. The molecule has 0 aromatic heterocycles. The van der Waals surface area contributed by atoms with Gasteiger partial charge in [0.2, 0.25) is 0 Å². The van der Waals surface area contributed by atoms with Crippen LogP contribution in [0.5, 0.6) is 0 Å². The Hall–Kier alpha value is -1.68. The van der Waals surface area contributed by atoms with Gasteiger partial charge in [0.05, 0.1) is 11.7 Å². The number of hydrogen-bond donors (Lipinski definition) is 2. The van der Waals surface area contributed by atoms with Gasteiger partial charge >= 0.3 is 0 Å². The number of para-hydroxylation sites is 1. The summed E-state index contributed by atoms with van der Waals surface area (Å²) in [6.45, 7) is 6.85. The van der Waals surface area contributed by atoms with Gasteiger partial charge in [-0.05, 0) is 36.3 Å². The Labute approximate surface area is 139 Å². The normalized spacial score (nSPS) is 24.7. The third-order valence-electron chi connectivity index (χ3n) is 5.65. The van der Waals surface area contributed by atoms with E-state index in [1.54, 1.807) is 6.34 Å². The van der Waals surface area contributed by atoms with Gasteiger partial charge in [-0.25, -0.2) is 15.4 Å². The minimum atomic E-state index is 0.234. The molecular weight excluding hydrogens is 284 g/mol. The quantitative estimate of drug-likeness (QED) is 0.862. The van der Waals surface area contributed by atoms with Crippen molar-refractivity contribution < 1.29 is 0 Å². The molecule has 0 radical (unpaired) electrons. The zero-order valence-electron chi connectivity index (χ0n) is 14.5. The fourth-order valence-corrected chi connectivity index (χ4v) is 3.81. The molecule has 0 bridgehead atoms. The van der Waals surface area contributed by atoms with E-state index in [1.165, 1.54) is 31.2 Å². The van der Waals surface area contributed by atoms with Gasteiger partial charge in [-0.2, -0.15) is 0 Å². The summed E-state index contributed by atoms with van der Waals surface area (Å²) < 4.78 is 0. The molecule has 1 saturated carbocycles. The van der Waals surface area contributed by atoms with Crippen molar-refractivity contribution >= 4 is 17.9 Å². The number of fused-ring (bicyclic) bond motifs is 1. The topological polar surface area (TPSA) is 48.8 Å². The van der Waals surface area contributed by atoms with Gasteiger partial charge in [0, 0.05) is 5.92 Å². The first-order valence-electron chi connectivity index (χ1n) is 8.85. The molecule has 3 rings (SSSR count). The molecule has 2 aliphatic rings. The molecule has 1 aromatic rings. The minimum absolute atomic E-state index is 0.234. The van der Waals surface area contributed by atoms with E-state index >= 15 is 0 Å². The van der Waals surface area contributed by atoms with E-state index < -0.39 is 0 Å². The SMILES string of the molecule is CCC1NNC=NC(C(C)C2(C)CCCC2)=Nc2ccccc21. The van der Waals surface area contributed by atoms with E-state index in [0.29, 0.717) is 11.3 Å². The van der Waals surface area contributed by atoms with Crippen LogP contribution >= 0.6 is 0 Å². The van der Waals surface area contributed by atoms with Crippen LogP contribution in [0.1, 0.15) is 64.5 Å². The summed E-state index contributed by atoms with van der Waals surface area (Å²) in [5.74, 6) is 1.29. The second-order valence-electron chi connectivity index (χ2n) is 7.12. The standard InChI is InChI=1S/C19H28N4/c1-4-16-15-9-5-6-10-17(15)22-18(20-13-21-23-16)14(2)19(3)11-7-8-12-19/h5-6,9-10,13-14,16,23H,4,7-8,11-12H2,1-3H3,(H,20,21,22). The van der Waals surface area contributed by atoms with Crippen molar-refractivity contribution in [1.29, 1.82) is 0 Å². The Morgan fingerprint density at radius 2 is 2.00 bits per heavy atom. The summed E-state index contributed by atoms with van der Waals surface area (Å²) in [6, 6.07) is 8.64. The number of aliphatic imine (C=N–C) groups is 2. The van der Waals surface area contributed by atoms with E-state index in [0.717, 1.165) is 17.9 Å². The van der Waals surface area contributed by atoms with Gasteiger partial charge in [0.15, 0.2) is 0 Å². The lowest BCUT2D eigenvalue weighted by Gasteiger charge is -2.30. The molecule has 0 spiro atoms. The average Bonchev–Trinajstić information content (AvgIpc) is 3.04. The van der Waals surface area contributed by atoms with Crippen LogP contribution in [0.25, 0.3) is 0 Å². The van der Waals surface area contributed by atoms with E-state index in [9.17, 15) is 0 Å². The number of hydrazine groups is 1. The first-order chi connectivity index (χ1) is 11.1. The minimum Gasteiger partial charge on any atom is -0.311 e. The summed E-state index contributed by atoms with van der Waals surface area (Å²) >= 11 is 0. The molecule has 124 valence electrons. The molecule has 2 atom stereocenters. The maximum absolute atomic E-state index is 4.99. The smallest absolute Gasteiger partial charge is 0.134 e. The molecule has 1 fully saturated rings. The summed E-state index contributed by atoms with van der Waals surface area (Å²) in [5, 5.41) is 0. The second-order valence-corrected chi connectivity index (χ2v) is 7.12. The Balaban J connectivity index is 2.00. The highest BCUT2D eigenvalue weighted by Gasteiger charge is 2.37. The number of rotatable bonds is 3. The molecule has 2 unspecified atom stereocenters. The zero-order valence-corrected chi connectivity index (χ0v) is 14.5. The van der Waals surface area contributed by atoms with Gasteiger partial charge in [-0.15, -0.1) is 0 Å². The largest absolute Gasteiger partial charge is 0.311 e. The Morgan fingerprint density at radius 1 is 1.26 bits per heavy atom. The highest BCUT2D eigenvalue weighted by atomic mass is 15.4. The third kappa shape index (κ3) is 3.32. The van der Waals surface area contributed by atoms with Crippen LogP contribution < -0.4 is 10.9 Å². The third-order valence-corrected chi connectivity index (χ3v) is 5.65. The molecule has 0 saturated heterocycles. The van der Waals surface area contributed by atoms with Crippen LogP contribution in [0.15, 0.2) is 34.3 Å². The molecule has 4 nitrogen and oxygen atoms in total. The van der Waals surface area contributed by atoms with E-state index in [-0.39, 0.29) is 6.04 Å². The Kier molecular flexibility index (Phi) is 4.81. The predicted octanol–water partition coefficient (Wildman–Crippen LogP) is 4.52. The molecule has 1 heterocycles. The van der Waals surface area contributed by atoms with Crippen LogP contribution in [0.2, 0.25) is 0 Å². The molecule has 1 aliphatic heterocycles. The van der Waals surface area contributed by atoms with E-state index in [2.05, 4.69) is 60.9 Å². The lowest BCUT2D eigenvalue weighted by atomic mass is 9.76. The zero-order chi connectivity index (χ0) is 16.3. The monoisotopic (exact) mass is 312 g/mol. The molecule has 1 aliphatic carbocycles. The number of nitrogens with zero attached hydrogens (tertiary/aromatic N) is 2. The van der Waals surface area contributed by atoms with Gasteiger partial charge in [-0.3, -0.25) is 0 Å². The van der Waals surface area contributed by atoms with Crippen LogP contribution in [0.4, 0.5) is 5.69 Å². The second kappa shape index (κ2) is 6.83. The van der Waals surface area contributed by atoms with Gasteiger partial charge in [0.1, 0.15) is 12.2 Å². The number of benzene rings is 1. The van der Waals surface area contributed by atoms with Gasteiger partial charge < -0.3 is 5.43 Å². The van der Waals surface area contributed by atoms with E-state index in [4.69, 9.17) is 4.99 Å². The van der Waals surface area contributed by atoms with Crippen molar-refractivity contribution in [3.05, 3.63) is 29.8 Å². The molecule has 23 heavy (non-hydrogen) atoms. The molecule has 2 N–H and O–H groups in total. The Bertz CT molecular complexity index is 599. The first-order valence-corrected chi connectivity index (χ1v) is 8.85. The maximum atomic E-state index is 4.99. The van der Waals surface area contributed by atoms with Gasteiger partial charge in [-0.1, -0.05) is 51.8 Å². The predicted molar refractivity (Wildman–Crippen MR) is 97.1 cm³/mol. The summed E-state index contributed by atoms with van der Waals surface area (Å²) in [6.07, 6.45) is 7.94.